The van der Waals surface area contributed by atoms with E-state index in [1.807, 2.05) is 0 Å². The lowest BCUT2D eigenvalue weighted by molar-refractivity contribution is 0.145. The summed E-state index contributed by atoms with van der Waals surface area (Å²) < 4.78 is 23.7. The van der Waals surface area contributed by atoms with Gasteiger partial charge >= 0.3 is 0 Å². The van der Waals surface area contributed by atoms with Gasteiger partial charge in [0, 0.05) is 12.7 Å². The SMILES string of the molecule is COCc1cc(F)c(OC)c(C2(O)CC2)c1. The normalized spacial score (nSPS) is 17.2. The Hall–Kier alpha value is -1.13. The van der Waals surface area contributed by atoms with Crippen LogP contribution in [0.25, 0.3) is 0 Å². The van der Waals surface area contributed by atoms with Crippen molar-refractivity contribution in [3.63, 3.8) is 0 Å². The minimum absolute atomic E-state index is 0.139. The molecular formula is C12H15FO3. The van der Waals surface area contributed by atoms with Crippen molar-refractivity contribution in [3.8, 4) is 5.75 Å². The highest BCUT2D eigenvalue weighted by Gasteiger charge is 2.45. The van der Waals surface area contributed by atoms with Gasteiger partial charge in [-0.3, -0.25) is 0 Å². The molecule has 0 saturated heterocycles. The lowest BCUT2D eigenvalue weighted by Gasteiger charge is -2.15. The lowest BCUT2D eigenvalue weighted by atomic mass is 10.0. The summed E-state index contributed by atoms with van der Waals surface area (Å²) in [4.78, 5) is 0. The first-order valence-corrected chi connectivity index (χ1v) is 5.19. The van der Waals surface area contributed by atoms with Gasteiger partial charge in [-0.25, -0.2) is 4.39 Å². The molecule has 1 aromatic carbocycles. The summed E-state index contributed by atoms with van der Waals surface area (Å²) >= 11 is 0. The maximum absolute atomic E-state index is 13.7. The van der Waals surface area contributed by atoms with Crippen molar-refractivity contribution < 1.29 is 19.0 Å². The Bertz CT molecular complexity index is 399. The Kier molecular flexibility index (Phi) is 2.86. The molecule has 0 bridgehead atoms. The number of ether oxygens (including phenoxy) is 2. The van der Waals surface area contributed by atoms with Crippen LogP contribution in [0.3, 0.4) is 0 Å². The number of benzene rings is 1. The molecule has 0 aliphatic heterocycles. The average Bonchev–Trinajstić information content (AvgIpc) is 2.97. The van der Waals surface area contributed by atoms with Crippen LogP contribution in [0.1, 0.15) is 24.0 Å². The molecule has 0 amide bonds. The van der Waals surface area contributed by atoms with Crippen molar-refractivity contribution in [2.45, 2.75) is 25.0 Å². The Morgan fingerprint density at radius 2 is 2.06 bits per heavy atom. The van der Waals surface area contributed by atoms with Gasteiger partial charge < -0.3 is 14.6 Å². The maximum atomic E-state index is 13.7. The van der Waals surface area contributed by atoms with Gasteiger partial charge in [-0.1, -0.05) is 0 Å². The molecule has 1 aromatic rings. The first-order chi connectivity index (χ1) is 7.60. The minimum atomic E-state index is -0.907. The van der Waals surface area contributed by atoms with Crippen LogP contribution < -0.4 is 4.74 Å². The molecule has 1 aliphatic carbocycles. The van der Waals surface area contributed by atoms with E-state index in [1.54, 1.807) is 13.2 Å². The second-order valence-corrected chi connectivity index (χ2v) is 4.12. The van der Waals surface area contributed by atoms with E-state index in [9.17, 15) is 9.50 Å². The molecule has 0 unspecified atom stereocenters. The smallest absolute Gasteiger partial charge is 0.165 e. The summed E-state index contributed by atoms with van der Waals surface area (Å²) in [6, 6.07) is 3.12. The van der Waals surface area contributed by atoms with E-state index >= 15 is 0 Å². The summed E-state index contributed by atoms with van der Waals surface area (Å²) in [7, 11) is 2.96. The van der Waals surface area contributed by atoms with Crippen LogP contribution in [0.4, 0.5) is 4.39 Å². The molecule has 16 heavy (non-hydrogen) atoms. The van der Waals surface area contributed by atoms with E-state index in [0.29, 0.717) is 30.6 Å². The zero-order valence-electron chi connectivity index (χ0n) is 9.42. The fourth-order valence-electron chi connectivity index (χ4n) is 1.84. The number of hydrogen-bond acceptors (Lipinski definition) is 3. The first kappa shape index (κ1) is 11.4. The Morgan fingerprint density at radius 1 is 1.38 bits per heavy atom. The van der Waals surface area contributed by atoms with E-state index in [2.05, 4.69) is 0 Å². The van der Waals surface area contributed by atoms with Crippen LogP contribution in [0, 0.1) is 5.82 Å². The van der Waals surface area contributed by atoms with Gasteiger partial charge in [-0.2, -0.15) is 0 Å². The van der Waals surface area contributed by atoms with Crippen molar-refractivity contribution in [2.24, 2.45) is 0 Å². The largest absolute Gasteiger partial charge is 0.493 e. The van der Waals surface area contributed by atoms with E-state index in [-0.39, 0.29) is 5.75 Å². The Labute approximate surface area is 93.8 Å². The van der Waals surface area contributed by atoms with Gasteiger partial charge in [-0.05, 0) is 30.5 Å². The third kappa shape index (κ3) is 1.90. The fourth-order valence-corrected chi connectivity index (χ4v) is 1.84. The van der Waals surface area contributed by atoms with Crippen molar-refractivity contribution in [1.29, 1.82) is 0 Å². The molecule has 1 fully saturated rings. The van der Waals surface area contributed by atoms with Gasteiger partial charge in [0.1, 0.15) is 0 Å². The Morgan fingerprint density at radius 3 is 2.56 bits per heavy atom. The zero-order chi connectivity index (χ0) is 11.8. The van der Waals surface area contributed by atoms with Crippen LogP contribution in [0.5, 0.6) is 5.75 Å². The second kappa shape index (κ2) is 4.03. The molecule has 0 radical (unpaired) electrons. The van der Waals surface area contributed by atoms with Gasteiger partial charge in [0.2, 0.25) is 0 Å². The summed E-state index contributed by atoms with van der Waals surface area (Å²) in [5.74, 6) is -0.313. The molecule has 0 atom stereocenters. The average molecular weight is 226 g/mol. The monoisotopic (exact) mass is 226 g/mol. The van der Waals surface area contributed by atoms with E-state index in [4.69, 9.17) is 9.47 Å². The number of aliphatic hydroxyl groups is 1. The van der Waals surface area contributed by atoms with Gasteiger partial charge in [0.25, 0.3) is 0 Å². The molecule has 88 valence electrons. The van der Waals surface area contributed by atoms with Crippen LogP contribution in [0.2, 0.25) is 0 Å². The minimum Gasteiger partial charge on any atom is -0.493 e. The summed E-state index contributed by atoms with van der Waals surface area (Å²) in [6.07, 6.45) is 1.30. The van der Waals surface area contributed by atoms with E-state index < -0.39 is 11.4 Å². The molecule has 1 saturated carbocycles. The van der Waals surface area contributed by atoms with E-state index in [0.717, 1.165) is 0 Å². The first-order valence-electron chi connectivity index (χ1n) is 5.19. The quantitative estimate of drug-likeness (QED) is 0.853. The summed E-state index contributed by atoms with van der Waals surface area (Å²) in [5.41, 5.74) is 0.328. The molecule has 1 aliphatic rings. The number of rotatable bonds is 4. The summed E-state index contributed by atoms with van der Waals surface area (Å²) in [5, 5.41) is 10.0. The van der Waals surface area contributed by atoms with Gasteiger partial charge in [0.05, 0.1) is 19.3 Å². The summed E-state index contributed by atoms with van der Waals surface area (Å²) in [6.45, 7) is 0.323. The maximum Gasteiger partial charge on any atom is 0.165 e. The van der Waals surface area contributed by atoms with Crippen LogP contribution in [-0.4, -0.2) is 19.3 Å². The molecule has 0 spiro atoms. The highest BCUT2D eigenvalue weighted by Crippen LogP contribution is 2.49. The highest BCUT2D eigenvalue weighted by atomic mass is 19.1. The van der Waals surface area contributed by atoms with Crippen LogP contribution in [-0.2, 0) is 16.9 Å². The van der Waals surface area contributed by atoms with Crippen molar-refractivity contribution in [2.75, 3.05) is 14.2 Å². The molecule has 2 rings (SSSR count). The molecule has 0 heterocycles. The fraction of sp³-hybridized carbons (Fsp3) is 0.500. The topological polar surface area (TPSA) is 38.7 Å². The lowest BCUT2D eigenvalue weighted by Crippen LogP contribution is -2.09. The molecule has 1 N–H and O–H groups in total. The molecule has 4 heteroatoms. The van der Waals surface area contributed by atoms with Crippen LogP contribution >= 0.6 is 0 Å². The molecule has 0 aromatic heterocycles. The van der Waals surface area contributed by atoms with Crippen molar-refractivity contribution in [1.82, 2.24) is 0 Å². The molecule has 3 nitrogen and oxygen atoms in total. The highest BCUT2D eigenvalue weighted by molar-refractivity contribution is 5.44. The number of halogens is 1. The predicted octanol–water partition coefficient (Wildman–Crippen LogP) is 1.96. The number of hydrogen-bond donors (Lipinski definition) is 1. The third-order valence-corrected chi connectivity index (χ3v) is 2.84. The van der Waals surface area contributed by atoms with Crippen LogP contribution in [0.15, 0.2) is 12.1 Å². The molecular weight excluding hydrogens is 211 g/mol. The van der Waals surface area contributed by atoms with Gasteiger partial charge in [0.15, 0.2) is 11.6 Å². The van der Waals surface area contributed by atoms with Crippen molar-refractivity contribution >= 4 is 0 Å². The Balaban J connectivity index is 2.46. The third-order valence-electron chi connectivity index (χ3n) is 2.84. The van der Waals surface area contributed by atoms with E-state index in [1.165, 1.54) is 13.2 Å². The van der Waals surface area contributed by atoms with Gasteiger partial charge in [-0.15, -0.1) is 0 Å². The van der Waals surface area contributed by atoms with Crippen molar-refractivity contribution in [3.05, 3.63) is 29.1 Å². The predicted molar refractivity (Wildman–Crippen MR) is 56.8 cm³/mol. The zero-order valence-corrected chi connectivity index (χ0v) is 9.42. The number of methoxy groups -OCH3 is 2. The second-order valence-electron chi connectivity index (χ2n) is 4.12. The standard InChI is InChI=1S/C12H15FO3/c1-15-7-8-5-9(12(14)3-4-12)11(16-2)10(13)6-8/h5-6,14H,3-4,7H2,1-2H3.